The van der Waals surface area contributed by atoms with Crippen LogP contribution in [0.4, 0.5) is 5.13 Å². The SMILES string of the molecule is O=C(Nc1nc(-c2ccc(Cl)s2)cs1)[C@@H]1CCCO1. The number of hydrogen-bond donors (Lipinski definition) is 1. The molecule has 0 unspecified atom stereocenters. The van der Waals surface area contributed by atoms with Crippen LogP contribution in [0.25, 0.3) is 10.6 Å². The van der Waals surface area contributed by atoms with Crippen molar-refractivity contribution < 1.29 is 9.53 Å². The molecule has 2 aromatic heterocycles. The minimum Gasteiger partial charge on any atom is -0.368 e. The Morgan fingerprint density at radius 3 is 3.11 bits per heavy atom. The van der Waals surface area contributed by atoms with Crippen LogP contribution in [0.3, 0.4) is 0 Å². The zero-order valence-corrected chi connectivity index (χ0v) is 12.3. The molecule has 0 radical (unpaired) electrons. The minimum atomic E-state index is -0.330. The third-order valence-electron chi connectivity index (χ3n) is 2.78. The maximum Gasteiger partial charge on any atom is 0.255 e. The first-order valence-corrected chi connectivity index (χ1v) is 7.93. The molecule has 1 aliphatic heterocycles. The van der Waals surface area contributed by atoms with Crippen molar-refractivity contribution in [3.05, 3.63) is 21.8 Å². The van der Waals surface area contributed by atoms with Crippen molar-refractivity contribution in [2.75, 3.05) is 11.9 Å². The monoisotopic (exact) mass is 314 g/mol. The Morgan fingerprint density at radius 1 is 1.53 bits per heavy atom. The van der Waals surface area contributed by atoms with Crippen LogP contribution in [0, 0.1) is 0 Å². The number of carbonyl (C=O) groups is 1. The molecule has 0 aliphatic carbocycles. The third kappa shape index (κ3) is 2.97. The van der Waals surface area contributed by atoms with Crippen LogP contribution in [0.5, 0.6) is 0 Å². The molecule has 0 bridgehead atoms. The van der Waals surface area contributed by atoms with Crippen LogP contribution in [0.15, 0.2) is 17.5 Å². The molecule has 1 atom stereocenters. The van der Waals surface area contributed by atoms with Gasteiger partial charge < -0.3 is 4.74 Å². The molecule has 3 rings (SSSR count). The lowest BCUT2D eigenvalue weighted by Gasteiger charge is -2.07. The van der Waals surface area contributed by atoms with Crippen LogP contribution in [-0.2, 0) is 9.53 Å². The zero-order valence-electron chi connectivity index (χ0n) is 9.89. The number of carbonyl (C=O) groups excluding carboxylic acids is 1. The highest BCUT2D eigenvalue weighted by molar-refractivity contribution is 7.20. The number of anilines is 1. The van der Waals surface area contributed by atoms with Crippen LogP contribution < -0.4 is 5.32 Å². The maximum absolute atomic E-state index is 11.9. The Labute approximate surface area is 123 Å². The normalized spacial score (nSPS) is 18.7. The topological polar surface area (TPSA) is 51.2 Å². The summed E-state index contributed by atoms with van der Waals surface area (Å²) in [7, 11) is 0. The molecule has 0 spiro atoms. The van der Waals surface area contributed by atoms with Gasteiger partial charge in [-0.1, -0.05) is 11.6 Å². The van der Waals surface area contributed by atoms with Gasteiger partial charge >= 0.3 is 0 Å². The Morgan fingerprint density at radius 2 is 2.42 bits per heavy atom. The Kier molecular flexibility index (Phi) is 3.83. The molecule has 2 aromatic rings. The number of nitrogens with one attached hydrogen (secondary N) is 1. The molecule has 1 N–H and O–H groups in total. The van der Waals surface area contributed by atoms with Crippen molar-refractivity contribution >= 4 is 45.3 Å². The predicted molar refractivity (Wildman–Crippen MR) is 78.0 cm³/mol. The fourth-order valence-corrected chi connectivity index (χ4v) is 3.66. The van der Waals surface area contributed by atoms with Gasteiger partial charge in [0.15, 0.2) is 5.13 Å². The molecule has 3 heterocycles. The first-order chi connectivity index (χ1) is 9.22. The van der Waals surface area contributed by atoms with E-state index in [4.69, 9.17) is 16.3 Å². The Balaban J connectivity index is 1.69. The summed E-state index contributed by atoms with van der Waals surface area (Å²) in [6.07, 6.45) is 1.39. The summed E-state index contributed by atoms with van der Waals surface area (Å²) in [6.45, 7) is 0.662. The molecule has 1 aliphatic rings. The van der Waals surface area contributed by atoms with Crippen molar-refractivity contribution in [1.82, 2.24) is 4.98 Å². The molecule has 0 saturated carbocycles. The zero-order chi connectivity index (χ0) is 13.2. The number of aromatic nitrogens is 1. The minimum absolute atomic E-state index is 0.109. The van der Waals surface area contributed by atoms with Gasteiger partial charge in [0.05, 0.1) is 14.9 Å². The fourth-order valence-electron chi connectivity index (χ4n) is 1.87. The number of ether oxygens (including phenoxy) is 1. The lowest BCUT2D eigenvalue weighted by atomic mass is 10.2. The van der Waals surface area contributed by atoms with E-state index in [1.165, 1.54) is 22.7 Å². The number of amides is 1. The summed E-state index contributed by atoms with van der Waals surface area (Å²) in [4.78, 5) is 17.3. The largest absolute Gasteiger partial charge is 0.368 e. The van der Waals surface area contributed by atoms with Crippen molar-refractivity contribution in [2.45, 2.75) is 18.9 Å². The van der Waals surface area contributed by atoms with Gasteiger partial charge in [-0.3, -0.25) is 10.1 Å². The standard InChI is InChI=1S/C12H11ClN2O2S2/c13-10-4-3-9(19-10)7-6-18-12(14-7)15-11(16)8-2-1-5-17-8/h3-4,6,8H,1-2,5H2,(H,14,15,16)/t8-/m0/s1. The molecule has 1 fully saturated rings. The summed E-state index contributed by atoms with van der Waals surface area (Å²) < 4.78 is 6.06. The maximum atomic E-state index is 11.9. The van der Waals surface area contributed by atoms with Gasteiger partial charge in [0.25, 0.3) is 5.91 Å². The van der Waals surface area contributed by atoms with E-state index in [9.17, 15) is 4.79 Å². The van der Waals surface area contributed by atoms with Crippen molar-refractivity contribution in [3.8, 4) is 10.6 Å². The molecular weight excluding hydrogens is 304 g/mol. The number of thiazole rings is 1. The second-order valence-electron chi connectivity index (χ2n) is 4.13. The highest BCUT2D eigenvalue weighted by Gasteiger charge is 2.24. The average molecular weight is 315 g/mol. The van der Waals surface area contributed by atoms with Crippen molar-refractivity contribution in [1.29, 1.82) is 0 Å². The van der Waals surface area contributed by atoms with Crippen molar-refractivity contribution in [2.24, 2.45) is 0 Å². The van der Waals surface area contributed by atoms with E-state index in [1.54, 1.807) is 0 Å². The summed E-state index contributed by atoms with van der Waals surface area (Å²) >= 11 is 8.77. The van der Waals surface area contributed by atoms with Crippen LogP contribution in [-0.4, -0.2) is 23.6 Å². The third-order valence-corrected chi connectivity index (χ3v) is 4.79. The van der Waals surface area contributed by atoms with E-state index >= 15 is 0 Å². The van der Waals surface area contributed by atoms with Crippen LogP contribution in [0.2, 0.25) is 4.34 Å². The lowest BCUT2D eigenvalue weighted by Crippen LogP contribution is -2.26. The predicted octanol–water partition coefficient (Wildman–Crippen LogP) is 3.64. The van der Waals surface area contributed by atoms with Gasteiger partial charge in [-0.05, 0) is 25.0 Å². The summed E-state index contributed by atoms with van der Waals surface area (Å²) in [5, 5.41) is 5.30. The first-order valence-electron chi connectivity index (χ1n) is 5.86. The van der Waals surface area contributed by atoms with Gasteiger partial charge in [-0.15, -0.1) is 22.7 Å². The molecule has 100 valence electrons. The molecule has 1 amide bonds. The van der Waals surface area contributed by atoms with Gasteiger partial charge in [0.1, 0.15) is 6.10 Å². The number of thiophene rings is 1. The second-order valence-corrected chi connectivity index (χ2v) is 6.71. The molecular formula is C12H11ClN2O2S2. The summed E-state index contributed by atoms with van der Waals surface area (Å²) in [5.74, 6) is -0.109. The van der Waals surface area contributed by atoms with Crippen LogP contribution >= 0.6 is 34.3 Å². The van der Waals surface area contributed by atoms with E-state index in [0.717, 1.165) is 27.7 Å². The number of hydrogen-bond acceptors (Lipinski definition) is 5. The van der Waals surface area contributed by atoms with E-state index in [0.29, 0.717) is 11.7 Å². The molecule has 19 heavy (non-hydrogen) atoms. The quantitative estimate of drug-likeness (QED) is 0.941. The highest BCUT2D eigenvalue weighted by atomic mass is 35.5. The summed E-state index contributed by atoms with van der Waals surface area (Å²) in [5.41, 5.74) is 0.838. The van der Waals surface area contributed by atoms with E-state index in [2.05, 4.69) is 10.3 Å². The average Bonchev–Trinajstić information content (AvgIpc) is 3.07. The van der Waals surface area contributed by atoms with Crippen LogP contribution in [0.1, 0.15) is 12.8 Å². The lowest BCUT2D eigenvalue weighted by molar-refractivity contribution is -0.124. The number of nitrogens with zero attached hydrogens (tertiary/aromatic N) is 1. The number of halogens is 1. The van der Waals surface area contributed by atoms with E-state index in [1.807, 2.05) is 17.5 Å². The molecule has 4 nitrogen and oxygen atoms in total. The van der Waals surface area contributed by atoms with E-state index < -0.39 is 0 Å². The van der Waals surface area contributed by atoms with Gasteiger partial charge in [-0.25, -0.2) is 4.98 Å². The van der Waals surface area contributed by atoms with Gasteiger partial charge in [0, 0.05) is 12.0 Å². The molecule has 0 aromatic carbocycles. The molecule has 1 saturated heterocycles. The smallest absolute Gasteiger partial charge is 0.255 e. The molecule has 7 heteroatoms. The van der Waals surface area contributed by atoms with Gasteiger partial charge in [-0.2, -0.15) is 0 Å². The van der Waals surface area contributed by atoms with Crippen molar-refractivity contribution in [3.63, 3.8) is 0 Å². The fraction of sp³-hybridized carbons (Fsp3) is 0.333. The number of rotatable bonds is 3. The van der Waals surface area contributed by atoms with Gasteiger partial charge in [0.2, 0.25) is 0 Å². The second kappa shape index (κ2) is 5.58. The first kappa shape index (κ1) is 13.1. The Bertz CT molecular complexity index is 590. The highest BCUT2D eigenvalue weighted by Crippen LogP contribution is 2.32. The Hall–Kier alpha value is -0.950. The summed E-state index contributed by atoms with van der Waals surface area (Å²) in [6, 6.07) is 3.76. The van der Waals surface area contributed by atoms with E-state index in [-0.39, 0.29) is 12.0 Å².